The Hall–Kier alpha value is -1.61. The van der Waals surface area contributed by atoms with Crippen LogP contribution in [0, 0.1) is 5.92 Å². The molecule has 1 fully saturated rings. The number of nitrogens with zero attached hydrogens (tertiary/aromatic N) is 1. The van der Waals surface area contributed by atoms with Crippen LogP contribution in [0.4, 0.5) is 0 Å². The summed E-state index contributed by atoms with van der Waals surface area (Å²) in [7, 11) is 5.67. The molecule has 0 heterocycles. The Morgan fingerprint density at radius 1 is 1.42 bits per heavy atom. The average molecular weight is 259 g/mol. The van der Waals surface area contributed by atoms with Gasteiger partial charge in [-0.15, -0.1) is 0 Å². The van der Waals surface area contributed by atoms with Gasteiger partial charge in [0.1, 0.15) is 5.75 Å². The van der Waals surface area contributed by atoms with Crippen LogP contribution in [0.5, 0.6) is 5.75 Å². The number of ether oxygens (including phenoxy) is 1. The average Bonchev–Trinajstić information content (AvgIpc) is 2.71. The summed E-state index contributed by atoms with van der Waals surface area (Å²) >= 11 is 0. The molecule has 102 valence electrons. The molecule has 0 saturated heterocycles. The normalized spacial score (nSPS) is 21.4. The molecule has 1 aliphatic carbocycles. The second-order valence-corrected chi connectivity index (χ2v) is 5.31. The van der Waals surface area contributed by atoms with Gasteiger partial charge in [-0.3, -0.25) is 4.79 Å². The standard InChI is InChI=1S/C16H21NO2/c1-17(2)11-14-8-7-13(16(14)18)9-12-5-4-6-15(10-12)19-3/h4-6,9-10,14H,7-8,11H2,1-3H3/b13-9+. The van der Waals surface area contributed by atoms with E-state index in [9.17, 15) is 4.79 Å². The van der Waals surface area contributed by atoms with Gasteiger partial charge in [0.05, 0.1) is 7.11 Å². The number of ketones is 1. The van der Waals surface area contributed by atoms with Crippen molar-refractivity contribution >= 4 is 11.9 Å². The largest absolute Gasteiger partial charge is 0.497 e. The molecule has 0 aliphatic heterocycles. The Morgan fingerprint density at radius 2 is 2.21 bits per heavy atom. The highest BCUT2D eigenvalue weighted by Crippen LogP contribution is 2.29. The van der Waals surface area contributed by atoms with Gasteiger partial charge in [0.2, 0.25) is 0 Å². The van der Waals surface area contributed by atoms with Crippen molar-refractivity contribution in [3.8, 4) is 5.75 Å². The Morgan fingerprint density at radius 3 is 2.89 bits per heavy atom. The Kier molecular flexibility index (Phi) is 4.38. The number of carbonyl (C=O) groups excluding carboxylic acids is 1. The van der Waals surface area contributed by atoms with Crippen LogP contribution in [0.15, 0.2) is 29.8 Å². The van der Waals surface area contributed by atoms with E-state index in [4.69, 9.17) is 4.74 Å². The lowest BCUT2D eigenvalue weighted by atomic mass is 10.0. The lowest BCUT2D eigenvalue weighted by molar-refractivity contribution is -0.118. The van der Waals surface area contributed by atoms with Crippen LogP contribution in [-0.2, 0) is 4.79 Å². The smallest absolute Gasteiger partial charge is 0.163 e. The lowest BCUT2D eigenvalue weighted by Crippen LogP contribution is -2.24. The fourth-order valence-corrected chi connectivity index (χ4v) is 2.54. The van der Waals surface area contributed by atoms with Gasteiger partial charge in [0, 0.05) is 12.5 Å². The van der Waals surface area contributed by atoms with E-state index in [1.807, 2.05) is 44.4 Å². The summed E-state index contributed by atoms with van der Waals surface area (Å²) in [6.07, 6.45) is 3.85. The fourth-order valence-electron chi connectivity index (χ4n) is 2.54. The second kappa shape index (κ2) is 6.02. The molecule has 1 atom stereocenters. The van der Waals surface area contributed by atoms with Gasteiger partial charge in [-0.25, -0.2) is 0 Å². The maximum absolute atomic E-state index is 12.3. The number of hydrogen-bond acceptors (Lipinski definition) is 3. The van der Waals surface area contributed by atoms with E-state index < -0.39 is 0 Å². The van der Waals surface area contributed by atoms with Crippen LogP contribution in [0.1, 0.15) is 18.4 Å². The molecule has 1 aromatic carbocycles. The van der Waals surface area contributed by atoms with Gasteiger partial charge in [-0.2, -0.15) is 0 Å². The molecular weight excluding hydrogens is 238 g/mol. The van der Waals surface area contributed by atoms with Crippen LogP contribution < -0.4 is 4.74 Å². The van der Waals surface area contributed by atoms with Crippen molar-refractivity contribution in [3.63, 3.8) is 0 Å². The predicted molar refractivity (Wildman–Crippen MR) is 77.3 cm³/mol. The zero-order valence-corrected chi connectivity index (χ0v) is 11.8. The van der Waals surface area contributed by atoms with Gasteiger partial charge < -0.3 is 9.64 Å². The maximum Gasteiger partial charge on any atom is 0.163 e. The van der Waals surface area contributed by atoms with Gasteiger partial charge in [0.25, 0.3) is 0 Å². The Balaban J connectivity index is 2.14. The molecule has 3 heteroatoms. The quantitative estimate of drug-likeness (QED) is 0.778. The Bertz CT molecular complexity index is 491. The highest BCUT2D eigenvalue weighted by atomic mass is 16.5. The summed E-state index contributed by atoms with van der Waals surface area (Å²) in [5, 5.41) is 0. The van der Waals surface area contributed by atoms with Crippen molar-refractivity contribution < 1.29 is 9.53 Å². The summed E-state index contributed by atoms with van der Waals surface area (Å²) in [4.78, 5) is 14.4. The third kappa shape index (κ3) is 3.44. The van der Waals surface area contributed by atoms with Crippen molar-refractivity contribution in [3.05, 3.63) is 35.4 Å². The van der Waals surface area contributed by atoms with Crippen molar-refractivity contribution in [2.75, 3.05) is 27.7 Å². The van der Waals surface area contributed by atoms with Crippen molar-refractivity contribution in [1.82, 2.24) is 4.90 Å². The third-order valence-corrected chi connectivity index (χ3v) is 3.47. The van der Waals surface area contributed by atoms with Gasteiger partial charge in [-0.1, -0.05) is 12.1 Å². The van der Waals surface area contributed by atoms with Crippen molar-refractivity contribution in [2.45, 2.75) is 12.8 Å². The van der Waals surface area contributed by atoms with Crippen LogP contribution in [-0.4, -0.2) is 38.4 Å². The van der Waals surface area contributed by atoms with E-state index in [-0.39, 0.29) is 5.92 Å². The molecule has 0 bridgehead atoms. The molecule has 1 aliphatic rings. The number of allylic oxidation sites excluding steroid dienone is 1. The van der Waals surface area contributed by atoms with Gasteiger partial charge in [0.15, 0.2) is 5.78 Å². The van der Waals surface area contributed by atoms with E-state index in [2.05, 4.69) is 4.90 Å². The number of methoxy groups -OCH3 is 1. The number of Topliss-reactive ketones (excluding diaryl/α,β-unsaturated/α-hetero) is 1. The van der Waals surface area contributed by atoms with Crippen LogP contribution in [0.3, 0.4) is 0 Å². The topological polar surface area (TPSA) is 29.5 Å². The molecule has 3 nitrogen and oxygen atoms in total. The highest BCUT2D eigenvalue weighted by molar-refractivity contribution is 6.03. The van der Waals surface area contributed by atoms with Gasteiger partial charge in [-0.05, 0) is 56.3 Å². The summed E-state index contributed by atoms with van der Waals surface area (Å²) in [5.74, 6) is 1.29. The first-order valence-electron chi connectivity index (χ1n) is 6.63. The first-order valence-corrected chi connectivity index (χ1v) is 6.63. The molecule has 0 N–H and O–H groups in total. The molecule has 0 spiro atoms. The zero-order chi connectivity index (χ0) is 13.8. The summed E-state index contributed by atoms with van der Waals surface area (Å²) in [5.41, 5.74) is 1.98. The third-order valence-electron chi connectivity index (χ3n) is 3.47. The SMILES string of the molecule is COc1cccc(/C=C2\CCC(CN(C)C)C2=O)c1. The molecule has 1 aromatic rings. The number of benzene rings is 1. The zero-order valence-electron chi connectivity index (χ0n) is 11.8. The lowest BCUT2D eigenvalue weighted by Gasteiger charge is -2.13. The monoisotopic (exact) mass is 259 g/mol. The van der Waals surface area contributed by atoms with Crippen LogP contribution in [0.25, 0.3) is 6.08 Å². The molecular formula is C16H21NO2. The number of carbonyl (C=O) groups is 1. The molecule has 0 radical (unpaired) electrons. The van der Waals surface area contributed by atoms with Crippen molar-refractivity contribution in [2.24, 2.45) is 5.92 Å². The van der Waals surface area contributed by atoms with E-state index in [1.165, 1.54) is 0 Å². The predicted octanol–water partition coefficient (Wildman–Crippen LogP) is 2.62. The molecule has 1 saturated carbocycles. The maximum atomic E-state index is 12.3. The summed E-state index contributed by atoms with van der Waals surface area (Å²) in [6.45, 7) is 0.842. The Labute approximate surface area is 114 Å². The first-order chi connectivity index (χ1) is 9.10. The minimum Gasteiger partial charge on any atom is -0.497 e. The minimum atomic E-state index is 0.159. The van der Waals surface area contributed by atoms with E-state index >= 15 is 0 Å². The molecule has 0 aromatic heterocycles. The molecule has 1 unspecified atom stereocenters. The van der Waals surface area contributed by atoms with Crippen LogP contribution in [0.2, 0.25) is 0 Å². The number of rotatable bonds is 4. The van der Waals surface area contributed by atoms with Crippen molar-refractivity contribution in [1.29, 1.82) is 0 Å². The second-order valence-electron chi connectivity index (χ2n) is 5.31. The molecule has 2 rings (SSSR count). The highest BCUT2D eigenvalue weighted by Gasteiger charge is 2.29. The molecule has 19 heavy (non-hydrogen) atoms. The minimum absolute atomic E-state index is 0.159. The fraction of sp³-hybridized carbons (Fsp3) is 0.438. The summed E-state index contributed by atoms with van der Waals surface area (Å²) in [6, 6.07) is 7.82. The van der Waals surface area contributed by atoms with E-state index in [1.54, 1.807) is 7.11 Å². The van der Waals surface area contributed by atoms with Gasteiger partial charge >= 0.3 is 0 Å². The first kappa shape index (κ1) is 13.8. The molecule has 0 amide bonds. The van der Waals surface area contributed by atoms with Crippen LogP contribution >= 0.6 is 0 Å². The van der Waals surface area contributed by atoms with E-state index in [0.717, 1.165) is 36.3 Å². The van der Waals surface area contributed by atoms with E-state index in [0.29, 0.717) is 5.78 Å². The summed E-state index contributed by atoms with van der Waals surface area (Å²) < 4.78 is 5.20. The number of hydrogen-bond donors (Lipinski definition) is 0.